The topological polar surface area (TPSA) is 61.0 Å². The Hall–Kier alpha value is -3.08. The molecule has 5 heteroatoms. The fourth-order valence-electron chi connectivity index (χ4n) is 2.24. The van der Waals surface area contributed by atoms with Crippen LogP contribution in [0.5, 0.6) is 0 Å². The summed E-state index contributed by atoms with van der Waals surface area (Å²) in [6.07, 6.45) is 0. The summed E-state index contributed by atoms with van der Waals surface area (Å²) in [4.78, 5) is 14.3. The smallest absolute Gasteiger partial charge is 0.273 e. The number of amides is 1. The van der Waals surface area contributed by atoms with Crippen LogP contribution in [0.2, 0.25) is 0 Å². The first-order chi connectivity index (χ1) is 11.1. The van der Waals surface area contributed by atoms with Crippen molar-refractivity contribution in [2.45, 2.75) is 0 Å². The molecule has 116 valence electrons. The molecule has 0 unspecified atom stereocenters. The van der Waals surface area contributed by atoms with Crippen molar-refractivity contribution >= 4 is 17.3 Å². The highest BCUT2D eigenvalue weighted by Crippen LogP contribution is 2.19. The van der Waals surface area contributed by atoms with Gasteiger partial charge in [-0.2, -0.15) is 5.10 Å². The second kappa shape index (κ2) is 6.36. The molecule has 0 spiro atoms. The molecular weight excluding hydrogens is 288 g/mol. The van der Waals surface area contributed by atoms with Gasteiger partial charge in [0, 0.05) is 31.0 Å². The third-order valence-corrected chi connectivity index (χ3v) is 3.53. The van der Waals surface area contributed by atoms with Gasteiger partial charge in [-0.15, -0.1) is 0 Å². The molecule has 3 rings (SSSR count). The minimum atomic E-state index is -0.211. The molecule has 1 amide bonds. The normalized spacial score (nSPS) is 10.3. The van der Waals surface area contributed by atoms with Gasteiger partial charge < -0.3 is 10.2 Å². The number of carbonyl (C=O) groups is 1. The molecule has 1 heterocycles. The first-order valence-corrected chi connectivity index (χ1v) is 7.33. The number of rotatable bonds is 4. The molecule has 2 N–H and O–H groups in total. The quantitative estimate of drug-likeness (QED) is 0.776. The maximum atomic E-state index is 12.3. The molecule has 5 nitrogen and oxygen atoms in total. The molecule has 3 aromatic rings. The van der Waals surface area contributed by atoms with Crippen LogP contribution in [0.15, 0.2) is 60.7 Å². The second-order valence-electron chi connectivity index (χ2n) is 5.43. The number of anilines is 2. The van der Waals surface area contributed by atoms with Crippen LogP contribution >= 0.6 is 0 Å². The third-order valence-electron chi connectivity index (χ3n) is 3.53. The second-order valence-corrected chi connectivity index (χ2v) is 5.43. The van der Waals surface area contributed by atoms with Crippen molar-refractivity contribution in [3.63, 3.8) is 0 Å². The molecule has 23 heavy (non-hydrogen) atoms. The van der Waals surface area contributed by atoms with Gasteiger partial charge in [0.1, 0.15) is 5.69 Å². The Balaban J connectivity index is 1.72. The van der Waals surface area contributed by atoms with Gasteiger partial charge in [-0.1, -0.05) is 30.3 Å². The number of nitrogens with zero attached hydrogens (tertiary/aromatic N) is 2. The van der Waals surface area contributed by atoms with E-state index in [0.717, 1.165) is 22.6 Å². The number of hydrogen-bond acceptors (Lipinski definition) is 3. The van der Waals surface area contributed by atoms with E-state index in [-0.39, 0.29) is 5.91 Å². The largest absolute Gasteiger partial charge is 0.378 e. The lowest BCUT2D eigenvalue weighted by Crippen LogP contribution is -2.13. The summed E-state index contributed by atoms with van der Waals surface area (Å²) in [6.45, 7) is 0. The van der Waals surface area contributed by atoms with Crippen molar-refractivity contribution in [3.8, 4) is 11.3 Å². The van der Waals surface area contributed by atoms with Gasteiger partial charge >= 0.3 is 0 Å². The van der Waals surface area contributed by atoms with Gasteiger partial charge in [0.25, 0.3) is 5.91 Å². The van der Waals surface area contributed by atoms with E-state index >= 15 is 0 Å². The minimum absolute atomic E-state index is 0.211. The van der Waals surface area contributed by atoms with Crippen molar-refractivity contribution in [2.75, 3.05) is 24.3 Å². The van der Waals surface area contributed by atoms with Crippen LogP contribution in [0, 0.1) is 0 Å². The van der Waals surface area contributed by atoms with Gasteiger partial charge in [0.05, 0.1) is 5.69 Å². The monoisotopic (exact) mass is 306 g/mol. The zero-order chi connectivity index (χ0) is 16.2. The fourth-order valence-corrected chi connectivity index (χ4v) is 2.24. The molecular formula is C18H18N4O. The zero-order valence-corrected chi connectivity index (χ0v) is 13.1. The lowest BCUT2D eigenvalue weighted by Gasteiger charge is -2.12. The Kier molecular flexibility index (Phi) is 4.10. The highest BCUT2D eigenvalue weighted by molar-refractivity contribution is 6.03. The third kappa shape index (κ3) is 3.40. The van der Waals surface area contributed by atoms with Gasteiger partial charge in [-0.3, -0.25) is 9.89 Å². The summed E-state index contributed by atoms with van der Waals surface area (Å²) in [6, 6.07) is 19.2. The van der Waals surface area contributed by atoms with Crippen molar-refractivity contribution in [2.24, 2.45) is 0 Å². The zero-order valence-electron chi connectivity index (χ0n) is 13.1. The first-order valence-electron chi connectivity index (χ1n) is 7.33. The van der Waals surface area contributed by atoms with Crippen LogP contribution in [-0.4, -0.2) is 30.2 Å². The van der Waals surface area contributed by atoms with Gasteiger partial charge in [-0.25, -0.2) is 0 Å². The molecule has 0 aliphatic carbocycles. The molecule has 0 aliphatic rings. The number of nitrogens with one attached hydrogen (secondary N) is 2. The lowest BCUT2D eigenvalue weighted by atomic mass is 10.1. The van der Waals surface area contributed by atoms with Crippen molar-refractivity contribution < 1.29 is 4.79 Å². The Morgan fingerprint density at radius 2 is 1.74 bits per heavy atom. The number of carbonyl (C=O) groups excluding carboxylic acids is 1. The first kappa shape index (κ1) is 14.8. The predicted octanol–water partition coefficient (Wildman–Crippen LogP) is 3.40. The van der Waals surface area contributed by atoms with E-state index in [1.54, 1.807) is 6.07 Å². The Morgan fingerprint density at radius 3 is 2.39 bits per heavy atom. The molecule has 0 saturated heterocycles. The maximum absolute atomic E-state index is 12.3. The summed E-state index contributed by atoms with van der Waals surface area (Å²) in [5.74, 6) is -0.211. The summed E-state index contributed by atoms with van der Waals surface area (Å²) in [7, 11) is 3.95. The molecule has 0 atom stereocenters. The average Bonchev–Trinajstić information content (AvgIpc) is 3.06. The Labute approximate surface area is 135 Å². The van der Waals surface area contributed by atoms with Crippen LogP contribution in [0.1, 0.15) is 10.5 Å². The average molecular weight is 306 g/mol. The van der Waals surface area contributed by atoms with E-state index < -0.39 is 0 Å². The maximum Gasteiger partial charge on any atom is 0.273 e. The summed E-state index contributed by atoms with van der Waals surface area (Å²) in [5, 5.41) is 9.84. The molecule has 1 aromatic heterocycles. The van der Waals surface area contributed by atoms with Crippen LogP contribution in [0.25, 0.3) is 11.3 Å². The number of H-pyrrole nitrogens is 1. The minimum Gasteiger partial charge on any atom is -0.378 e. The van der Waals surface area contributed by atoms with E-state index in [0.29, 0.717) is 5.69 Å². The number of aromatic amines is 1. The van der Waals surface area contributed by atoms with Crippen LogP contribution in [-0.2, 0) is 0 Å². The number of aromatic nitrogens is 2. The summed E-state index contributed by atoms with van der Waals surface area (Å²) >= 11 is 0. The fraction of sp³-hybridized carbons (Fsp3) is 0.111. The van der Waals surface area contributed by atoms with E-state index in [2.05, 4.69) is 15.5 Å². The Morgan fingerprint density at radius 1 is 1.04 bits per heavy atom. The molecule has 0 radical (unpaired) electrons. The van der Waals surface area contributed by atoms with Gasteiger partial charge in [0.2, 0.25) is 0 Å². The standard InChI is InChI=1S/C18H18N4O/c1-22(2)15-10-8-14(9-11-15)19-18(23)17-12-16(20-21-17)13-6-4-3-5-7-13/h3-12H,1-2H3,(H,19,23)(H,20,21). The highest BCUT2D eigenvalue weighted by Gasteiger charge is 2.11. The van der Waals surface area contributed by atoms with Gasteiger partial charge in [-0.05, 0) is 30.3 Å². The summed E-state index contributed by atoms with van der Waals surface area (Å²) in [5.41, 5.74) is 3.98. The molecule has 2 aromatic carbocycles. The predicted molar refractivity (Wildman–Crippen MR) is 92.7 cm³/mol. The van der Waals surface area contributed by atoms with Crippen molar-refractivity contribution in [1.29, 1.82) is 0 Å². The molecule has 0 bridgehead atoms. The lowest BCUT2D eigenvalue weighted by molar-refractivity contribution is 0.102. The highest BCUT2D eigenvalue weighted by atomic mass is 16.1. The van der Waals surface area contributed by atoms with E-state index in [1.807, 2.05) is 73.6 Å². The molecule has 0 aliphatic heterocycles. The van der Waals surface area contributed by atoms with E-state index in [1.165, 1.54) is 0 Å². The molecule has 0 fully saturated rings. The van der Waals surface area contributed by atoms with Gasteiger partial charge in [0.15, 0.2) is 0 Å². The van der Waals surface area contributed by atoms with E-state index in [4.69, 9.17) is 0 Å². The van der Waals surface area contributed by atoms with Crippen LogP contribution < -0.4 is 10.2 Å². The SMILES string of the molecule is CN(C)c1ccc(NC(=O)c2cc(-c3ccccc3)n[nH]2)cc1. The number of hydrogen-bond donors (Lipinski definition) is 2. The van der Waals surface area contributed by atoms with E-state index in [9.17, 15) is 4.79 Å². The Bertz CT molecular complexity index is 791. The van der Waals surface area contributed by atoms with Crippen LogP contribution in [0.3, 0.4) is 0 Å². The molecule has 0 saturated carbocycles. The van der Waals surface area contributed by atoms with Crippen LogP contribution in [0.4, 0.5) is 11.4 Å². The van der Waals surface area contributed by atoms with Crippen molar-refractivity contribution in [3.05, 3.63) is 66.4 Å². The number of benzene rings is 2. The summed E-state index contributed by atoms with van der Waals surface area (Å²) < 4.78 is 0. The van der Waals surface area contributed by atoms with Crippen molar-refractivity contribution in [1.82, 2.24) is 10.2 Å².